The lowest BCUT2D eigenvalue weighted by Crippen LogP contribution is -2.46. The number of unbranched alkanes of at least 4 members (excludes halogenated alkanes) is 8. The molecule has 0 bridgehead atoms. The summed E-state index contributed by atoms with van der Waals surface area (Å²) in [6, 6.07) is -0.630. The Labute approximate surface area is 182 Å². The van der Waals surface area contributed by atoms with Crippen LogP contribution in [0.15, 0.2) is 0 Å². The van der Waals surface area contributed by atoms with Crippen LogP contribution in [-0.4, -0.2) is 36.6 Å². The lowest BCUT2D eigenvalue weighted by atomic mass is 9.92. The van der Waals surface area contributed by atoms with Gasteiger partial charge in [-0.3, -0.25) is 9.59 Å². The molecule has 1 fully saturated rings. The number of esters is 2. The minimum Gasteiger partial charge on any atom is -0.461 e. The highest BCUT2D eigenvalue weighted by Crippen LogP contribution is 2.28. The standard InChI is InChI=1S/C24H43NO5/c1-5-6-7-8-9-10-11-12-13-14-20(16-22-19(4)23(27)30-22)29-24(28)21(25-17-26)15-18(2)3/h17-22H,5-16H2,1-4H3,(H,25,26)/t19-,20?,21?,22+/m1/s1. The Balaban J connectivity index is 2.44. The molecule has 30 heavy (non-hydrogen) atoms. The van der Waals surface area contributed by atoms with Crippen LogP contribution in [0, 0.1) is 11.8 Å². The minimum atomic E-state index is -0.630. The Bertz CT molecular complexity index is 508. The van der Waals surface area contributed by atoms with E-state index in [0.29, 0.717) is 19.3 Å². The van der Waals surface area contributed by atoms with Crippen molar-refractivity contribution in [2.75, 3.05) is 0 Å². The Hall–Kier alpha value is -1.59. The zero-order valence-electron chi connectivity index (χ0n) is 19.5. The summed E-state index contributed by atoms with van der Waals surface area (Å²) in [6.07, 6.45) is 13.0. The first kappa shape index (κ1) is 26.4. The van der Waals surface area contributed by atoms with Gasteiger partial charge in [0.2, 0.25) is 6.41 Å². The number of hydrogen-bond acceptors (Lipinski definition) is 5. The lowest BCUT2D eigenvalue weighted by molar-refractivity contribution is -0.187. The van der Waals surface area contributed by atoms with Crippen LogP contribution in [0.3, 0.4) is 0 Å². The fraction of sp³-hybridized carbons (Fsp3) is 0.875. The van der Waals surface area contributed by atoms with Crippen molar-refractivity contribution in [3.05, 3.63) is 0 Å². The normalized spacial score (nSPS) is 20.2. The molecule has 0 aromatic rings. The number of ether oxygens (including phenoxy) is 2. The largest absolute Gasteiger partial charge is 0.461 e. The molecule has 174 valence electrons. The second-order valence-corrected chi connectivity index (χ2v) is 9.14. The van der Waals surface area contributed by atoms with E-state index in [9.17, 15) is 14.4 Å². The molecule has 0 saturated carbocycles. The summed E-state index contributed by atoms with van der Waals surface area (Å²) in [6.45, 7) is 8.09. The van der Waals surface area contributed by atoms with Crippen LogP contribution in [-0.2, 0) is 23.9 Å². The molecule has 6 nitrogen and oxygen atoms in total. The van der Waals surface area contributed by atoms with E-state index in [4.69, 9.17) is 9.47 Å². The van der Waals surface area contributed by atoms with Crippen LogP contribution < -0.4 is 5.32 Å². The number of carbonyl (C=O) groups excluding carboxylic acids is 3. The van der Waals surface area contributed by atoms with Crippen molar-refractivity contribution in [2.45, 2.75) is 123 Å². The van der Waals surface area contributed by atoms with E-state index in [1.54, 1.807) is 0 Å². The summed E-state index contributed by atoms with van der Waals surface area (Å²) >= 11 is 0. The first-order valence-electron chi connectivity index (χ1n) is 12.0. The predicted octanol–water partition coefficient (Wildman–Crippen LogP) is 4.93. The van der Waals surface area contributed by atoms with Crippen LogP contribution in [0.25, 0.3) is 0 Å². The number of hydrogen-bond donors (Lipinski definition) is 1. The van der Waals surface area contributed by atoms with Gasteiger partial charge in [0.15, 0.2) is 0 Å². The highest BCUT2D eigenvalue weighted by Gasteiger charge is 2.40. The molecule has 1 N–H and O–H groups in total. The van der Waals surface area contributed by atoms with E-state index in [1.807, 2.05) is 20.8 Å². The summed E-state index contributed by atoms with van der Waals surface area (Å²) in [7, 11) is 0. The van der Waals surface area contributed by atoms with Gasteiger partial charge in [0.25, 0.3) is 0 Å². The molecule has 0 aliphatic carbocycles. The maximum atomic E-state index is 12.6. The van der Waals surface area contributed by atoms with Crippen molar-refractivity contribution in [3.8, 4) is 0 Å². The number of carbonyl (C=O) groups is 3. The first-order chi connectivity index (χ1) is 14.4. The van der Waals surface area contributed by atoms with Crippen LogP contribution in [0.5, 0.6) is 0 Å². The van der Waals surface area contributed by atoms with Crippen molar-refractivity contribution < 1.29 is 23.9 Å². The van der Waals surface area contributed by atoms with Gasteiger partial charge in [-0.1, -0.05) is 72.1 Å². The number of nitrogens with one attached hydrogen (secondary N) is 1. The zero-order valence-corrected chi connectivity index (χ0v) is 19.5. The number of rotatable bonds is 18. The molecule has 1 aliphatic rings. The predicted molar refractivity (Wildman–Crippen MR) is 118 cm³/mol. The van der Waals surface area contributed by atoms with E-state index in [2.05, 4.69) is 12.2 Å². The molecule has 6 heteroatoms. The summed E-state index contributed by atoms with van der Waals surface area (Å²) < 4.78 is 11.0. The average Bonchev–Trinajstić information content (AvgIpc) is 2.71. The van der Waals surface area contributed by atoms with E-state index in [1.165, 1.54) is 44.9 Å². The summed E-state index contributed by atoms with van der Waals surface area (Å²) in [5, 5.41) is 2.58. The Morgan fingerprint density at radius 1 is 1.10 bits per heavy atom. The summed E-state index contributed by atoms with van der Waals surface area (Å²) in [4.78, 5) is 34.9. The Kier molecular flexibility index (Phi) is 13.4. The monoisotopic (exact) mass is 425 g/mol. The van der Waals surface area contributed by atoms with Crippen LogP contribution in [0.1, 0.15) is 105 Å². The molecule has 1 aliphatic heterocycles. The third kappa shape index (κ3) is 10.4. The van der Waals surface area contributed by atoms with Crippen molar-refractivity contribution in [1.82, 2.24) is 5.32 Å². The molecular weight excluding hydrogens is 382 g/mol. The first-order valence-corrected chi connectivity index (χ1v) is 12.0. The fourth-order valence-electron chi connectivity index (χ4n) is 3.89. The smallest absolute Gasteiger partial charge is 0.328 e. The maximum absolute atomic E-state index is 12.6. The minimum absolute atomic E-state index is 0.145. The van der Waals surface area contributed by atoms with Crippen molar-refractivity contribution in [3.63, 3.8) is 0 Å². The molecule has 1 heterocycles. The van der Waals surface area contributed by atoms with Crippen LogP contribution >= 0.6 is 0 Å². The average molecular weight is 426 g/mol. The summed E-state index contributed by atoms with van der Waals surface area (Å²) in [5.41, 5.74) is 0. The SMILES string of the molecule is CCCCCCCCCCCC(C[C@@H]1OC(=O)[C@@H]1C)OC(=O)C(CC(C)C)NC=O. The molecule has 1 amide bonds. The van der Waals surface area contributed by atoms with Gasteiger partial charge >= 0.3 is 11.9 Å². The van der Waals surface area contributed by atoms with Crippen LogP contribution in [0.2, 0.25) is 0 Å². The second-order valence-electron chi connectivity index (χ2n) is 9.14. The fourth-order valence-corrected chi connectivity index (χ4v) is 3.89. The molecule has 0 aromatic carbocycles. The second kappa shape index (κ2) is 15.2. The van der Waals surface area contributed by atoms with Crippen molar-refractivity contribution in [2.24, 2.45) is 11.8 Å². The summed E-state index contributed by atoms with van der Waals surface area (Å²) in [5.74, 6) is -0.462. The van der Waals surface area contributed by atoms with Gasteiger partial charge in [-0.25, -0.2) is 4.79 Å². The zero-order chi connectivity index (χ0) is 22.4. The highest BCUT2D eigenvalue weighted by molar-refractivity contribution is 5.79. The van der Waals surface area contributed by atoms with Gasteiger partial charge in [-0.15, -0.1) is 0 Å². The molecule has 1 rings (SSSR count). The molecule has 0 spiro atoms. The Morgan fingerprint density at radius 2 is 1.70 bits per heavy atom. The molecule has 0 radical (unpaired) electrons. The highest BCUT2D eigenvalue weighted by atomic mass is 16.6. The molecule has 4 atom stereocenters. The molecule has 2 unspecified atom stereocenters. The number of amides is 1. The van der Waals surface area contributed by atoms with E-state index < -0.39 is 12.0 Å². The van der Waals surface area contributed by atoms with Gasteiger partial charge in [-0.05, 0) is 32.1 Å². The molecule has 0 aromatic heterocycles. The third-order valence-corrected chi connectivity index (χ3v) is 5.87. The topological polar surface area (TPSA) is 81.7 Å². The Morgan fingerprint density at radius 3 is 2.20 bits per heavy atom. The van der Waals surface area contributed by atoms with Gasteiger partial charge in [0, 0.05) is 6.42 Å². The van der Waals surface area contributed by atoms with Gasteiger partial charge in [0.05, 0.1) is 5.92 Å². The quantitative estimate of drug-likeness (QED) is 0.191. The van der Waals surface area contributed by atoms with Crippen molar-refractivity contribution in [1.29, 1.82) is 0 Å². The lowest BCUT2D eigenvalue weighted by Gasteiger charge is -2.35. The van der Waals surface area contributed by atoms with Crippen LogP contribution in [0.4, 0.5) is 0 Å². The number of cyclic esters (lactones) is 1. The molecule has 1 saturated heterocycles. The van der Waals surface area contributed by atoms with Crippen molar-refractivity contribution >= 4 is 18.3 Å². The van der Waals surface area contributed by atoms with E-state index >= 15 is 0 Å². The van der Waals surface area contributed by atoms with Gasteiger partial charge in [-0.2, -0.15) is 0 Å². The maximum Gasteiger partial charge on any atom is 0.328 e. The van der Waals surface area contributed by atoms with Gasteiger partial charge < -0.3 is 14.8 Å². The van der Waals surface area contributed by atoms with E-state index in [0.717, 1.165) is 19.3 Å². The van der Waals surface area contributed by atoms with Gasteiger partial charge in [0.1, 0.15) is 18.2 Å². The third-order valence-electron chi connectivity index (χ3n) is 5.87. The molecular formula is C24H43NO5. The van der Waals surface area contributed by atoms with E-state index in [-0.39, 0.29) is 30.0 Å².